The summed E-state index contributed by atoms with van der Waals surface area (Å²) in [5, 5.41) is 2.66. The molecule has 2 aromatic rings. The van der Waals surface area contributed by atoms with Crippen LogP contribution in [0.1, 0.15) is 28.8 Å². The van der Waals surface area contributed by atoms with Crippen LogP contribution in [0.5, 0.6) is 0 Å². The molecule has 1 fully saturated rings. The third kappa shape index (κ3) is 2.42. The van der Waals surface area contributed by atoms with Crippen LogP contribution in [0.2, 0.25) is 0 Å². The van der Waals surface area contributed by atoms with Crippen LogP contribution in [-0.2, 0) is 9.59 Å². The normalized spacial score (nSPS) is 21.1. The van der Waals surface area contributed by atoms with Crippen molar-refractivity contribution in [3.05, 3.63) is 59.4 Å². The minimum absolute atomic E-state index is 0.140. The van der Waals surface area contributed by atoms with E-state index in [1.54, 1.807) is 24.3 Å². The van der Waals surface area contributed by atoms with E-state index in [0.717, 1.165) is 5.56 Å². The largest absolute Gasteiger partial charge is 0.322 e. The zero-order valence-corrected chi connectivity index (χ0v) is 15.0. The van der Waals surface area contributed by atoms with Crippen molar-refractivity contribution in [2.45, 2.75) is 25.4 Å². The Bertz CT molecular complexity index is 990. The number of benzene rings is 2. The Labute approximate surface area is 155 Å². The maximum absolute atomic E-state index is 13.5. The fourth-order valence-corrected chi connectivity index (χ4v) is 3.88. The van der Waals surface area contributed by atoms with E-state index in [-0.39, 0.29) is 30.3 Å². The standard InChI is InChI=1S/C20H18FN3O3/c1-12-6-7-15-16(10-12)24-17(25)8-9-20(24,23(2)18(15)26)19(27)22-14-5-3-4-13(21)11-14/h3-7,10-11H,8-9H2,1-2H3,(H,22,27). The molecule has 0 radical (unpaired) electrons. The SMILES string of the molecule is Cc1ccc2c(c1)N1C(=O)CCC1(C(=O)Nc1cccc(F)c1)N(C)C2=O. The highest BCUT2D eigenvalue weighted by Gasteiger charge is 2.59. The van der Waals surface area contributed by atoms with E-state index < -0.39 is 17.4 Å². The molecule has 2 aliphatic rings. The average Bonchev–Trinajstić information content (AvgIpc) is 2.98. The van der Waals surface area contributed by atoms with Crippen LogP contribution in [0.4, 0.5) is 15.8 Å². The first-order chi connectivity index (χ1) is 12.8. The van der Waals surface area contributed by atoms with Gasteiger partial charge in [-0.25, -0.2) is 4.39 Å². The molecule has 1 unspecified atom stereocenters. The number of amides is 3. The van der Waals surface area contributed by atoms with E-state index in [2.05, 4.69) is 5.32 Å². The number of aryl methyl sites for hydroxylation is 1. The van der Waals surface area contributed by atoms with Crippen LogP contribution in [0.3, 0.4) is 0 Å². The third-order valence-electron chi connectivity index (χ3n) is 5.24. The molecule has 1 saturated heterocycles. The molecular weight excluding hydrogens is 349 g/mol. The number of nitrogens with zero attached hydrogens (tertiary/aromatic N) is 2. The molecule has 6 nitrogen and oxygen atoms in total. The second-order valence-corrected chi connectivity index (χ2v) is 6.90. The number of anilines is 2. The third-order valence-corrected chi connectivity index (χ3v) is 5.24. The number of hydrogen-bond acceptors (Lipinski definition) is 3. The van der Waals surface area contributed by atoms with Crippen molar-refractivity contribution in [3.63, 3.8) is 0 Å². The van der Waals surface area contributed by atoms with Gasteiger partial charge < -0.3 is 10.2 Å². The van der Waals surface area contributed by atoms with Gasteiger partial charge in [-0.15, -0.1) is 0 Å². The molecule has 0 spiro atoms. The lowest BCUT2D eigenvalue weighted by Gasteiger charge is -2.47. The van der Waals surface area contributed by atoms with E-state index in [1.807, 2.05) is 6.92 Å². The van der Waals surface area contributed by atoms with Crippen LogP contribution in [0.15, 0.2) is 42.5 Å². The Morgan fingerprint density at radius 1 is 1.19 bits per heavy atom. The van der Waals surface area contributed by atoms with E-state index in [1.165, 1.54) is 35.0 Å². The van der Waals surface area contributed by atoms with Crippen LogP contribution in [0.25, 0.3) is 0 Å². The molecule has 2 aromatic carbocycles. The predicted molar refractivity (Wildman–Crippen MR) is 97.8 cm³/mol. The molecule has 0 aromatic heterocycles. The average molecular weight is 367 g/mol. The molecular formula is C20H18FN3O3. The summed E-state index contributed by atoms with van der Waals surface area (Å²) in [4.78, 5) is 41.6. The smallest absolute Gasteiger partial charge is 0.271 e. The van der Waals surface area contributed by atoms with Gasteiger partial charge in [-0.2, -0.15) is 0 Å². The van der Waals surface area contributed by atoms with Crippen LogP contribution in [0, 0.1) is 12.7 Å². The van der Waals surface area contributed by atoms with Gasteiger partial charge in [-0.1, -0.05) is 12.1 Å². The zero-order chi connectivity index (χ0) is 19.3. The lowest BCUT2D eigenvalue weighted by atomic mass is 9.95. The summed E-state index contributed by atoms with van der Waals surface area (Å²) in [6, 6.07) is 10.7. The van der Waals surface area contributed by atoms with Crippen molar-refractivity contribution in [1.29, 1.82) is 0 Å². The van der Waals surface area contributed by atoms with Crippen molar-refractivity contribution >= 4 is 29.1 Å². The highest BCUT2D eigenvalue weighted by atomic mass is 19.1. The summed E-state index contributed by atoms with van der Waals surface area (Å²) in [6.45, 7) is 1.86. The quantitative estimate of drug-likeness (QED) is 0.887. The molecule has 1 atom stereocenters. The maximum atomic E-state index is 13.5. The van der Waals surface area contributed by atoms with Crippen LogP contribution < -0.4 is 10.2 Å². The molecule has 0 bridgehead atoms. The fourth-order valence-electron chi connectivity index (χ4n) is 3.88. The second kappa shape index (κ2) is 5.90. The van der Waals surface area contributed by atoms with Gasteiger partial charge in [0.05, 0.1) is 11.3 Å². The first-order valence-corrected chi connectivity index (χ1v) is 8.63. The highest BCUT2D eigenvalue weighted by molar-refractivity contribution is 6.18. The highest BCUT2D eigenvalue weighted by Crippen LogP contribution is 2.44. The van der Waals surface area contributed by atoms with Crippen LogP contribution in [-0.4, -0.2) is 35.3 Å². The zero-order valence-electron chi connectivity index (χ0n) is 15.0. The lowest BCUT2D eigenvalue weighted by Crippen LogP contribution is -2.68. The number of carbonyl (C=O) groups excluding carboxylic acids is 3. The van der Waals surface area contributed by atoms with E-state index in [4.69, 9.17) is 0 Å². The first-order valence-electron chi connectivity index (χ1n) is 8.63. The Kier molecular flexibility index (Phi) is 3.76. The number of nitrogens with one attached hydrogen (secondary N) is 1. The van der Waals surface area contributed by atoms with Gasteiger partial charge in [-0.3, -0.25) is 19.3 Å². The van der Waals surface area contributed by atoms with Gasteiger partial charge in [0.1, 0.15) is 5.82 Å². The molecule has 0 saturated carbocycles. The molecule has 138 valence electrons. The molecule has 3 amide bonds. The van der Waals surface area contributed by atoms with Gasteiger partial charge in [0.15, 0.2) is 0 Å². The number of halogens is 1. The molecule has 2 aliphatic heterocycles. The van der Waals surface area contributed by atoms with Gasteiger partial charge in [0, 0.05) is 25.6 Å². The summed E-state index contributed by atoms with van der Waals surface area (Å²) in [5.74, 6) is -1.58. The van der Waals surface area contributed by atoms with E-state index in [9.17, 15) is 18.8 Å². The monoisotopic (exact) mass is 367 g/mol. The number of carbonyl (C=O) groups is 3. The number of hydrogen-bond donors (Lipinski definition) is 1. The number of fused-ring (bicyclic) bond motifs is 3. The Hall–Kier alpha value is -3.22. The number of likely N-dealkylation sites (N-methyl/N-ethyl adjacent to an activating group) is 1. The molecule has 2 heterocycles. The second-order valence-electron chi connectivity index (χ2n) is 6.90. The summed E-state index contributed by atoms with van der Waals surface area (Å²) < 4.78 is 13.5. The van der Waals surface area contributed by atoms with Gasteiger partial charge in [0.25, 0.3) is 11.8 Å². The molecule has 4 rings (SSSR count). The first kappa shape index (κ1) is 17.2. The Morgan fingerprint density at radius 2 is 1.96 bits per heavy atom. The maximum Gasteiger partial charge on any atom is 0.271 e. The van der Waals surface area contributed by atoms with E-state index >= 15 is 0 Å². The summed E-state index contributed by atoms with van der Waals surface area (Å²) >= 11 is 0. The van der Waals surface area contributed by atoms with Crippen molar-refractivity contribution in [2.24, 2.45) is 0 Å². The topological polar surface area (TPSA) is 69.7 Å². The predicted octanol–water partition coefficient (Wildman–Crippen LogP) is 2.68. The lowest BCUT2D eigenvalue weighted by molar-refractivity contribution is -0.128. The Balaban J connectivity index is 1.83. The van der Waals surface area contributed by atoms with Crippen molar-refractivity contribution in [1.82, 2.24) is 4.90 Å². The number of rotatable bonds is 2. The summed E-state index contributed by atoms with van der Waals surface area (Å²) in [5.41, 5.74) is 0.499. The molecule has 27 heavy (non-hydrogen) atoms. The van der Waals surface area contributed by atoms with Crippen molar-refractivity contribution < 1.29 is 18.8 Å². The van der Waals surface area contributed by atoms with Gasteiger partial charge in [0.2, 0.25) is 11.6 Å². The van der Waals surface area contributed by atoms with Gasteiger partial charge >= 0.3 is 0 Å². The molecule has 1 N–H and O–H groups in total. The van der Waals surface area contributed by atoms with Crippen molar-refractivity contribution in [3.8, 4) is 0 Å². The van der Waals surface area contributed by atoms with Crippen molar-refractivity contribution in [2.75, 3.05) is 17.3 Å². The minimum atomic E-state index is -1.47. The summed E-state index contributed by atoms with van der Waals surface area (Å²) in [7, 11) is 1.52. The van der Waals surface area contributed by atoms with E-state index in [0.29, 0.717) is 11.3 Å². The fraction of sp³-hybridized carbons (Fsp3) is 0.250. The van der Waals surface area contributed by atoms with Gasteiger partial charge in [-0.05, 0) is 42.8 Å². The molecule has 0 aliphatic carbocycles. The molecule has 7 heteroatoms. The van der Waals surface area contributed by atoms with Crippen LogP contribution >= 0.6 is 0 Å². The Morgan fingerprint density at radius 3 is 2.70 bits per heavy atom. The summed E-state index contributed by atoms with van der Waals surface area (Å²) in [6.07, 6.45) is 0.310. The minimum Gasteiger partial charge on any atom is -0.322 e.